The van der Waals surface area contributed by atoms with Crippen LogP contribution >= 0.6 is 0 Å². The molecule has 0 aromatic heterocycles. The minimum absolute atomic E-state index is 0.0611. The third-order valence-electron chi connectivity index (χ3n) is 4.83. The van der Waals surface area contributed by atoms with Crippen LogP contribution in [-0.2, 0) is 4.79 Å². The van der Waals surface area contributed by atoms with E-state index in [-0.39, 0.29) is 5.91 Å². The lowest BCUT2D eigenvalue weighted by molar-refractivity contribution is -0.121. The van der Waals surface area contributed by atoms with Crippen LogP contribution in [0.25, 0.3) is 11.1 Å². The highest BCUT2D eigenvalue weighted by Gasteiger charge is 2.13. The van der Waals surface area contributed by atoms with Crippen LogP contribution in [0.2, 0.25) is 0 Å². The number of carbonyl (C=O) groups is 1. The van der Waals surface area contributed by atoms with E-state index in [9.17, 15) is 4.79 Å². The van der Waals surface area contributed by atoms with Crippen LogP contribution in [-0.4, -0.2) is 32.1 Å². The molecule has 1 heterocycles. The molecule has 1 saturated heterocycles. The number of rotatable bonds is 8. The van der Waals surface area contributed by atoms with Crippen molar-refractivity contribution in [3.8, 4) is 16.9 Å². The zero-order valence-electron chi connectivity index (χ0n) is 15.2. The highest BCUT2D eigenvalue weighted by molar-refractivity contribution is 5.76. The predicted octanol–water partition coefficient (Wildman–Crippen LogP) is 3.63. The van der Waals surface area contributed by atoms with Gasteiger partial charge in [-0.1, -0.05) is 48.5 Å². The molecule has 1 aliphatic heterocycles. The first kappa shape index (κ1) is 18.5. The van der Waals surface area contributed by atoms with E-state index in [2.05, 4.69) is 22.8 Å². The van der Waals surface area contributed by atoms with Crippen molar-refractivity contribution in [2.75, 3.05) is 26.2 Å². The van der Waals surface area contributed by atoms with Crippen LogP contribution in [0.1, 0.15) is 25.7 Å². The molecule has 2 aromatic carbocycles. The number of hydrogen-bond donors (Lipinski definition) is 2. The molecule has 0 saturated carbocycles. The molecule has 4 nitrogen and oxygen atoms in total. The molecule has 1 atom stereocenters. The number of hydrogen-bond acceptors (Lipinski definition) is 3. The first-order valence-electron chi connectivity index (χ1n) is 9.57. The molecule has 0 bridgehead atoms. The minimum Gasteiger partial charge on any atom is -0.492 e. The van der Waals surface area contributed by atoms with Crippen molar-refractivity contribution in [3.63, 3.8) is 0 Å². The summed E-state index contributed by atoms with van der Waals surface area (Å²) in [5, 5.41) is 6.43. The highest BCUT2D eigenvalue weighted by Crippen LogP contribution is 2.29. The summed E-state index contributed by atoms with van der Waals surface area (Å²) in [4.78, 5) is 12.0. The molecule has 1 unspecified atom stereocenters. The molecular formula is C22H28N2O2. The monoisotopic (exact) mass is 352 g/mol. The Kier molecular flexibility index (Phi) is 7.08. The molecule has 0 aliphatic carbocycles. The Morgan fingerprint density at radius 2 is 1.92 bits per heavy atom. The van der Waals surface area contributed by atoms with Gasteiger partial charge >= 0.3 is 0 Å². The van der Waals surface area contributed by atoms with Crippen molar-refractivity contribution in [3.05, 3.63) is 54.6 Å². The summed E-state index contributed by atoms with van der Waals surface area (Å²) in [7, 11) is 0. The minimum atomic E-state index is 0.0611. The van der Waals surface area contributed by atoms with Crippen molar-refractivity contribution in [1.82, 2.24) is 10.6 Å². The quantitative estimate of drug-likeness (QED) is 0.763. The van der Waals surface area contributed by atoms with Crippen LogP contribution in [0, 0.1) is 5.92 Å². The Bertz CT molecular complexity index is 682. The maximum Gasteiger partial charge on any atom is 0.223 e. The van der Waals surface area contributed by atoms with Gasteiger partial charge in [-0.15, -0.1) is 0 Å². The van der Waals surface area contributed by atoms with Crippen molar-refractivity contribution in [1.29, 1.82) is 0 Å². The van der Waals surface area contributed by atoms with Crippen LogP contribution in [0.15, 0.2) is 54.6 Å². The lowest BCUT2D eigenvalue weighted by Gasteiger charge is -2.22. The third-order valence-corrected chi connectivity index (χ3v) is 4.83. The van der Waals surface area contributed by atoms with Gasteiger partial charge in [-0.2, -0.15) is 0 Å². The summed E-state index contributed by atoms with van der Waals surface area (Å²) in [5.41, 5.74) is 2.17. The van der Waals surface area contributed by atoms with E-state index in [0.29, 0.717) is 18.9 Å². The summed E-state index contributed by atoms with van der Waals surface area (Å²) in [6, 6.07) is 18.1. The fourth-order valence-electron chi connectivity index (χ4n) is 3.38. The van der Waals surface area contributed by atoms with Crippen LogP contribution < -0.4 is 15.4 Å². The second-order valence-electron chi connectivity index (χ2n) is 6.81. The summed E-state index contributed by atoms with van der Waals surface area (Å²) < 4.78 is 5.89. The van der Waals surface area contributed by atoms with Gasteiger partial charge in [0.15, 0.2) is 0 Å². The van der Waals surface area contributed by atoms with Gasteiger partial charge in [-0.25, -0.2) is 0 Å². The Morgan fingerprint density at radius 3 is 2.73 bits per heavy atom. The summed E-state index contributed by atoms with van der Waals surface area (Å²) in [5.74, 6) is 1.57. The Labute approximate surface area is 156 Å². The van der Waals surface area contributed by atoms with Gasteiger partial charge in [-0.3, -0.25) is 4.79 Å². The van der Waals surface area contributed by atoms with Gasteiger partial charge in [0.25, 0.3) is 0 Å². The van der Waals surface area contributed by atoms with E-state index in [0.717, 1.165) is 42.9 Å². The lowest BCUT2D eigenvalue weighted by atomic mass is 9.96. The fourth-order valence-corrected chi connectivity index (χ4v) is 3.38. The maximum absolute atomic E-state index is 12.0. The molecule has 1 amide bonds. The smallest absolute Gasteiger partial charge is 0.223 e. The van der Waals surface area contributed by atoms with Gasteiger partial charge in [-0.05, 0) is 49.9 Å². The number of carbonyl (C=O) groups excluding carboxylic acids is 1. The van der Waals surface area contributed by atoms with Crippen LogP contribution in [0.5, 0.6) is 5.75 Å². The van der Waals surface area contributed by atoms with Crippen molar-refractivity contribution in [2.24, 2.45) is 5.92 Å². The van der Waals surface area contributed by atoms with Crippen molar-refractivity contribution < 1.29 is 9.53 Å². The van der Waals surface area contributed by atoms with E-state index in [1.54, 1.807) is 0 Å². The molecule has 2 N–H and O–H groups in total. The first-order valence-corrected chi connectivity index (χ1v) is 9.57. The Balaban J connectivity index is 1.41. The molecule has 138 valence electrons. The molecule has 2 aromatic rings. The number of nitrogens with one attached hydrogen (secondary N) is 2. The number of para-hydroxylation sites is 1. The van der Waals surface area contributed by atoms with Crippen molar-refractivity contribution >= 4 is 5.91 Å². The lowest BCUT2D eigenvalue weighted by Crippen LogP contribution is -2.33. The fraction of sp³-hybridized carbons (Fsp3) is 0.409. The normalized spacial score (nSPS) is 16.8. The van der Waals surface area contributed by atoms with Crippen LogP contribution in [0.4, 0.5) is 0 Å². The topological polar surface area (TPSA) is 50.4 Å². The van der Waals surface area contributed by atoms with Gasteiger partial charge in [0.05, 0.1) is 13.0 Å². The Morgan fingerprint density at radius 1 is 1.12 bits per heavy atom. The third kappa shape index (κ3) is 5.60. The zero-order chi connectivity index (χ0) is 18.0. The molecule has 0 spiro atoms. The zero-order valence-corrected chi connectivity index (χ0v) is 15.2. The van der Waals surface area contributed by atoms with Gasteiger partial charge in [0.2, 0.25) is 5.91 Å². The van der Waals surface area contributed by atoms with Gasteiger partial charge < -0.3 is 15.4 Å². The molecule has 0 radical (unpaired) electrons. The molecule has 26 heavy (non-hydrogen) atoms. The number of benzene rings is 2. The van der Waals surface area contributed by atoms with E-state index < -0.39 is 0 Å². The summed E-state index contributed by atoms with van der Waals surface area (Å²) in [6.45, 7) is 3.35. The molecule has 4 heteroatoms. The summed E-state index contributed by atoms with van der Waals surface area (Å²) >= 11 is 0. The molecule has 3 rings (SSSR count). The predicted molar refractivity (Wildman–Crippen MR) is 105 cm³/mol. The van der Waals surface area contributed by atoms with E-state index in [1.807, 2.05) is 42.5 Å². The van der Waals surface area contributed by atoms with Gasteiger partial charge in [0, 0.05) is 12.1 Å². The largest absolute Gasteiger partial charge is 0.492 e. The number of ether oxygens (including phenoxy) is 1. The van der Waals surface area contributed by atoms with E-state index in [4.69, 9.17) is 4.74 Å². The van der Waals surface area contributed by atoms with E-state index in [1.165, 1.54) is 12.8 Å². The molecule has 1 aliphatic rings. The highest BCUT2D eigenvalue weighted by atomic mass is 16.5. The molecule has 1 fully saturated rings. The van der Waals surface area contributed by atoms with Gasteiger partial charge in [0.1, 0.15) is 5.75 Å². The second kappa shape index (κ2) is 9.97. The second-order valence-corrected chi connectivity index (χ2v) is 6.81. The summed E-state index contributed by atoms with van der Waals surface area (Å²) in [6.07, 6.45) is 3.94. The SMILES string of the molecule is O=C(CCOc1ccccc1-c1ccccc1)NCCC1CCCNC1. The standard InChI is InChI=1S/C22H28N2O2/c25-22(24-15-12-18-7-6-14-23-17-18)13-16-26-21-11-5-4-10-20(21)19-8-2-1-3-9-19/h1-5,8-11,18,23H,6-7,12-17H2,(H,24,25). The number of amides is 1. The Hall–Kier alpha value is -2.33. The maximum atomic E-state index is 12.0. The average molecular weight is 352 g/mol. The van der Waals surface area contributed by atoms with Crippen LogP contribution in [0.3, 0.4) is 0 Å². The average Bonchev–Trinajstić information content (AvgIpc) is 2.70. The van der Waals surface area contributed by atoms with Crippen molar-refractivity contribution in [2.45, 2.75) is 25.7 Å². The number of piperidine rings is 1. The van der Waals surface area contributed by atoms with E-state index >= 15 is 0 Å². The molecular weight excluding hydrogens is 324 g/mol. The first-order chi connectivity index (χ1) is 12.8.